The Morgan fingerprint density at radius 1 is 1.00 bits per heavy atom. The summed E-state index contributed by atoms with van der Waals surface area (Å²) in [6.07, 6.45) is 0. The topological polar surface area (TPSA) is 59.1 Å². The van der Waals surface area contributed by atoms with Gasteiger partial charge in [0.2, 0.25) is 11.8 Å². The second-order valence-corrected chi connectivity index (χ2v) is 4.56. The van der Waals surface area contributed by atoms with Crippen molar-refractivity contribution >= 4 is 17.5 Å². The quantitative estimate of drug-likeness (QED) is 0.728. The van der Waals surface area contributed by atoms with Gasteiger partial charge in [-0.15, -0.1) is 0 Å². The van der Waals surface area contributed by atoms with E-state index in [1.807, 2.05) is 0 Å². The van der Waals surface area contributed by atoms with Crippen LogP contribution in [-0.2, 0) is 9.59 Å². The number of rotatable bonds is 1. The third-order valence-electron chi connectivity index (χ3n) is 3.23. The zero-order chi connectivity index (χ0) is 13.4. The van der Waals surface area contributed by atoms with Gasteiger partial charge in [0.05, 0.1) is 6.54 Å². The van der Waals surface area contributed by atoms with Crippen molar-refractivity contribution in [1.82, 2.24) is 4.90 Å². The number of piperazine rings is 1. The van der Waals surface area contributed by atoms with Crippen LogP contribution in [0.5, 0.6) is 11.5 Å². The van der Waals surface area contributed by atoms with Crippen molar-refractivity contribution in [3.63, 3.8) is 0 Å². The first kappa shape index (κ1) is 11.8. The van der Waals surface area contributed by atoms with Gasteiger partial charge in [0, 0.05) is 18.8 Å². The summed E-state index contributed by atoms with van der Waals surface area (Å²) >= 11 is 0. The Labute approximate surface area is 110 Å². The molecule has 6 heteroatoms. The molecule has 0 bridgehead atoms. The maximum absolute atomic E-state index is 12.0. The van der Waals surface area contributed by atoms with Gasteiger partial charge in [0.15, 0.2) is 11.5 Å². The Hall–Kier alpha value is -2.24. The highest BCUT2D eigenvalue weighted by atomic mass is 16.6. The fourth-order valence-electron chi connectivity index (χ4n) is 2.16. The van der Waals surface area contributed by atoms with Gasteiger partial charge in [-0.05, 0) is 12.1 Å². The third kappa shape index (κ3) is 2.09. The number of ether oxygens (including phenoxy) is 2. The molecule has 2 heterocycles. The third-order valence-corrected chi connectivity index (χ3v) is 3.23. The molecule has 1 fully saturated rings. The van der Waals surface area contributed by atoms with E-state index in [0.717, 1.165) is 0 Å². The van der Waals surface area contributed by atoms with E-state index < -0.39 is 0 Å². The van der Waals surface area contributed by atoms with Gasteiger partial charge < -0.3 is 19.3 Å². The highest BCUT2D eigenvalue weighted by molar-refractivity contribution is 6.04. The van der Waals surface area contributed by atoms with Gasteiger partial charge in [-0.2, -0.15) is 0 Å². The molecule has 1 aromatic rings. The largest absolute Gasteiger partial charge is 0.486 e. The molecule has 0 N–H and O–H groups in total. The van der Waals surface area contributed by atoms with Crippen molar-refractivity contribution in [3.8, 4) is 11.5 Å². The van der Waals surface area contributed by atoms with E-state index in [2.05, 4.69) is 0 Å². The number of hydrogen-bond donors (Lipinski definition) is 0. The number of nitrogens with zero attached hydrogens (tertiary/aromatic N) is 2. The van der Waals surface area contributed by atoms with Crippen LogP contribution in [0.4, 0.5) is 5.69 Å². The molecule has 0 saturated carbocycles. The molecular weight excluding hydrogens is 248 g/mol. The van der Waals surface area contributed by atoms with Crippen LogP contribution in [0.3, 0.4) is 0 Å². The monoisotopic (exact) mass is 262 g/mol. The lowest BCUT2D eigenvalue weighted by atomic mass is 10.2. The SMILES string of the molecule is CN1CC(=O)N(c2ccc3c(c2)OCCO3)CC1=O. The van der Waals surface area contributed by atoms with Crippen LogP contribution in [0.1, 0.15) is 0 Å². The molecular formula is C13H14N2O4. The van der Waals surface area contributed by atoms with Gasteiger partial charge in [-0.25, -0.2) is 0 Å². The lowest BCUT2D eigenvalue weighted by Crippen LogP contribution is -2.52. The number of carbonyl (C=O) groups is 2. The molecule has 0 aliphatic carbocycles. The maximum Gasteiger partial charge on any atom is 0.247 e. The minimum absolute atomic E-state index is 0.0645. The standard InChI is InChI=1S/C13H14N2O4/c1-14-7-13(17)15(8-12(14)16)9-2-3-10-11(6-9)19-5-4-18-10/h2-3,6H,4-5,7-8H2,1H3. The molecule has 1 saturated heterocycles. The minimum atomic E-state index is -0.0984. The Balaban J connectivity index is 1.89. The number of carbonyl (C=O) groups excluding carboxylic acids is 2. The second kappa shape index (κ2) is 4.46. The Morgan fingerprint density at radius 3 is 2.53 bits per heavy atom. The van der Waals surface area contributed by atoms with Crippen LogP contribution in [0.25, 0.3) is 0 Å². The maximum atomic E-state index is 12.0. The molecule has 3 rings (SSSR count). The lowest BCUT2D eigenvalue weighted by molar-refractivity contribution is -0.136. The first-order chi connectivity index (χ1) is 9.15. The number of hydrogen-bond acceptors (Lipinski definition) is 4. The molecule has 0 atom stereocenters. The van der Waals surface area contributed by atoms with E-state index in [-0.39, 0.29) is 24.9 Å². The summed E-state index contributed by atoms with van der Waals surface area (Å²) in [5, 5.41) is 0. The normalized spacial score (nSPS) is 18.8. The summed E-state index contributed by atoms with van der Waals surface area (Å²) in [5.41, 5.74) is 0.663. The van der Waals surface area contributed by atoms with Gasteiger partial charge in [0.1, 0.15) is 19.8 Å². The van der Waals surface area contributed by atoms with Gasteiger partial charge >= 0.3 is 0 Å². The smallest absolute Gasteiger partial charge is 0.247 e. The summed E-state index contributed by atoms with van der Waals surface area (Å²) in [4.78, 5) is 26.6. The van der Waals surface area contributed by atoms with Crippen LogP contribution in [0.15, 0.2) is 18.2 Å². The van der Waals surface area contributed by atoms with Crippen molar-refractivity contribution in [2.45, 2.75) is 0 Å². The second-order valence-electron chi connectivity index (χ2n) is 4.56. The van der Waals surface area contributed by atoms with E-state index in [1.54, 1.807) is 25.2 Å². The van der Waals surface area contributed by atoms with E-state index in [0.29, 0.717) is 30.4 Å². The molecule has 6 nitrogen and oxygen atoms in total. The summed E-state index contributed by atoms with van der Waals surface area (Å²) in [7, 11) is 1.63. The van der Waals surface area contributed by atoms with Crippen LogP contribution in [0, 0.1) is 0 Å². The molecule has 0 unspecified atom stereocenters. The fourth-order valence-corrected chi connectivity index (χ4v) is 2.16. The number of anilines is 1. The molecule has 2 amide bonds. The average Bonchev–Trinajstić information content (AvgIpc) is 2.42. The van der Waals surface area contributed by atoms with Crippen molar-refractivity contribution in [3.05, 3.63) is 18.2 Å². The number of likely N-dealkylation sites (N-methyl/N-ethyl adjacent to an activating group) is 1. The zero-order valence-electron chi connectivity index (χ0n) is 10.6. The highest BCUT2D eigenvalue weighted by Crippen LogP contribution is 2.34. The van der Waals surface area contributed by atoms with E-state index >= 15 is 0 Å². The zero-order valence-corrected chi connectivity index (χ0v) is 10.6. The minimum Gasteiger partial charge on any atom is -0.486 e. The predicted octanol–water partition coefficient (Wildman–Crippen LogP) is 0.263. The van der Waals surface area contributed by atoms with E-state index in [9.17, 15) is 9.59 Å². The first-order valence-electron chi connectivity index (χ1n) is 6.09. The lowest BCUT2D eigenvalue weighted by Gasteiger charge is -2.32. The van der Waals surface area contributed by atoms with E-state index in [1.165, 1.54) is 9.80 Å². The molecule has 100 valence electrons. The first-order valence-corrected chi connectivity index (χ1v) is 6.09. The summed E-state index contributed by atoms with van der Waals surface area (Å²) in [6, 6.07) is 5.27. The fraction of sp³-hybridized carbons (Fsp3) is 0.385. The highest BCUT2D eigenvalue weighted by Gasteiger charge is 2.29. The molecule has 19 heavy (non-hydrogen) atoms. The van der Waals surface area contributed by atoms with Crippen molar-refractivity contribution in [2.75, 3.05) is 38.3 Å². The number of benzene rings is 1. The van der Waals surface area contributed by atoms with Gasteiger partial charge in [-0.3, -0.25) is 9.59 Å². The van der Waals surface area contributed by atoms with Crippen LogP contribution in [0.2, 0.25) is 0 Å². The van der Waals surface area contributed by atoms with Crippen molar-refractivity contribution in [2.24, 2.45) is 0 Å². The summed E-state index contributed by atoms with van der Waals surface area (Å²) < 4.78 is 10.9. The van der Waals surface area contributed by atoms with Gasteiger partial charge in [-0.1, -0.05) is 0 Å². The molecule has 0 radical (unpaired) electrons. The summed E-state index contributed by atoms with van der Waals surface area (Å²) in [6.45, 7) is 1.19. The van der Waals surface area contributed by atoms with E-state index in [4.69, 9.17) is 9.47 Å². The Bertz CT molecular complexity index is 543. The van der Waals surface area contributed by atoms with Crippen LogP contribution >= 0.6 is 0 Å². The predicted molar refractivity (Wildman–Crippen MR) is 67.4 cm³/mol. The van der Waals surface area contributed by atoms with Crippen LogP contribution in [-0.4, -0.2) is 50.1 Å². The molecule has 2 aliphatic rings. The number of fused-ring (bicyclic) bond motifs is 1. The molecule has 2 aliphatic heterocycles. The summed E-state index contributed by atoms with van der Waals surface area (Å²) in [5.74, 6) is 1.11. The van der Waals surface area contributed by atoms with Gasteiger partial charge in [0.25, 0.3) is 0 Å². The van der Waals surface area contributed by atoms with Crippen molar-refractivity contribution in [1.29, 1.82) is 0 Å². The Kier molecular flexibility index (Phi) is 2.77. The van der Waals surface area contributed by atoms with Crippen LogP contribution < -0.4 is 14.4 Å². The van der Waals surface area contributed by atoms with Crippen molar-refractivity contribution < 1.29 is 19.1 Å². The Morgan fingerprint density at radius 2 is 1.74 bits per heavy atom. The molecule has 1 aromatic carbocycles. The number of amides is 2. The molecule has 0 spiro atoms. The average molecular weight is 262 g/mol. The molecule has 0 aromatic heterocycles.